The lowest BCUT2D eigenvalue weighted by atomic mass is 10.2. The van der Waals surface area contributed by atoms with Gasteiger partial charge in [0, 0.05) is 17.3 Å². The lowest BCUT2D eigenvalue weighted by Gasteiger charge is -2.05. The Bertz CT molecular complexity index is 709. The van der Waals surface area contributed by atoms with Gasteiger partial charge in [0.15, 0.2) is 0 Å². The maximum atomic E-state index is 5.29. The van der Waals surface area contributed by atoms with Crippen molar-refractivity contribution in [2.24, 2.45) is 5.84 Å². The van der Waals surface area contributed by atoms with Crippen LogP contribution in [-0.2, 0) is 5.75 Å². The van der Waals surface area contributed by atoms with E-state index >= 15 is 0 Å². The molecule has 6 heteroatoms. The Kier molecular flexibility index (Phi) is 3.76. The van der Waals surface area contributed by atoms with Crippen LogP contribution in [0.1, 0.15) is 5.56 Å². The average Bonchev–Trinajstić information content (AvgIpc) is 2.53. The Labute approximate surface area is 120 Å². The van der Waals surface area contributed by atoms with Crippen LogP contribution in [0.3, 0.4) is 0 Å². The number of thioether (sulfide) groups is 1. The second-order valence-corrected chi connectivity index (χ2v) is 5.14. The molecular weight excluding hydrogens is 270 g/mol. The monoisotopic (exact) mass is 283 g/mol. The van der Waals surface area contributed by atoms with Crippen molar-refractivity contribution in [3.05, 3.63) is 54.5 Å². The standard InChI is InChI=1S/C14H13N5S/c15-19-13-6-5-10(7-16-13)8-20-14-11-3-1-2-4-12(11)17-9-18-14/h1-7,9H,8,15H2,(H,16,19). The average molecular weight is 283 g/mol. The highest BCUT2D eigenvalue weighted by Crippen LogP contribution is 2.26. The van der Waals surface area contributed by atoms with E-state index in [1.54, 1.807) is 18.1 Å². The van der Waals surface area contributed by atoms with Gasteiger partial charge >= 0.3 is 0 Å². The van der Waals surface area contributed by atoms with Gasteiger partial charge in [-0.1, -0.05) is 24.3 Å². The van der Waals surface area contributed by atoms with Gasteiger partial charge in [0.1, 0.15) is 17.2 Å². The first-order valence-electron chi connectivity index (χ1n) is 6.11. The summed E-state index contributed by atoms with van der Waals surface area (Å²) in [5.74, 6) is 6.76. The van der Waals surface area contributed by atoms with E-state index in [-0.39, 0.29) is 0 Å². The number of nitrogens with two attached hydrogens (primary N) is 1. The molecule has 0 radical (unpaired) electrons. The Morgan fingerprint density at radius 3 is 2.75 bits per heavy atom. The quantitative estimate of drug-likeness (QED) is 0.332. The van der Waals surface area contributed by atoms with Crippen molar-refractivity contribution in [2.75, 3.05) is 5.43 Å². The largest absolute Gasteiger partial charge is 0.308 e. The first-order chi connectivity index (χ1) is 9.86. The number of benzene rings is 1. The summed E-state index contributed by atoms with van der Waals surface area (Å²) in [7, 11) is 0. The van der Waals surface area contributed by atoms with Crippen molar-refractivity contribution in [3.8, 4) is 0 Å². The van der Waals surface area contributed by atoms with E-state index in [0.717, 1.165) is 27.2 Å². The van der Waals surface area contributed by atoms with Crippen molar-refractivity contribution in [3.63, 3.8) is 0 Å². The number of para-hydroxylation sites is 1. The molecule has 0 amide bonds. The predicted molar refractivity (Wildman–Crippen MR) is 81.1 cm³/mol. The smallest absolute Gasteiger partial charge is 0.139 e. The molecule has 0 spiro atoms. The van der Waals surface area contributed by atoms with E-state index in [2.05, 4.69) is 20.4 Å². The minimum absolute atomic E-state index is 0.659. The first-order valence-corrected chi connectivity index (χ1v) is 7.09. The topological polar surface area (TPSA) is 76.7 Å². The molecule has 0 fully saturated rings. The van der Waals surface area contributed by atoms with Crippen molar-refractivity contribution < 1.29 is 0 Å². The number of hydrogen-bond acceptors (Lipinski definition) is 6. The lowest BCUT2D eigenvalue weighted by Crippen LogP contribution is -2.08. The molecule has 100 valence electrons. The summed E-state index contributed by atoms with van der Waals surface area (Å²) in [5, 5.41) is 2.06. The SMILES string of the molecule is NNc1ccc(CSc2ncnc3ccccc23)cn1. The van der Waals surface area contributed by atoms with Crippen molar-refractivity contribution in [2.45, 2.75) is 10.8 Å². The highest BCUT2D eigenvalue weighted by atomic mass is 32.2. The van der Waals surface area contributed by atoms with Crippen LogP contribution in [-0.4, -0.2) is 15.0 Å². The van der Waals surface area contributed by atoms with Gasteiger partial charge in [0.25, 0.3) is 0 Å². The van der Waals surface area contributed by atoms with Crippen LogP contribution in [0.25, 0.3) is 10.9 Å². The number of aromatic nitrogens is 3. The molecule has 0 aliphatic carbocycles. The predicted octanol–water partition coefficient (Wildman–Crippen LogP) is 2.60. The third kappa shape index (κ3) is 2.71. The highest BCUT2D eigenvalue weighted by molar-refractivity contribution is 7.98. The number of fused-ring (bicyclic) bond motifs is 1. The van der Waals surface area contributed by atoms with Crippen LogP contribution in [0.5, 0.6) is 0 Å². The normalized spacial score (nSPS) is 10.7. The Morgan fingerprint density at radius 1 is 1.05 bits per heavy atom. The molecule has 0 saturated carbocycles. The van der Waals surface area contributed by atoms with Gasteiger partial charge in [0.05, 0.1) is 5.52 Å². The summed E-state index contributed by atoms with van der Waals surface area (Å²) < 4.78 is 0. The highest BCUT2D eigenvalue weighted by Gasteiger charge is 2.04. The third-order valence-corrected chi connectivity index (χ3v) is 3.93. The van der Waals surface area contributed by atoms with Crippen LogP contribution in [0.4, 0.5) is 5.82 Å². The molecular formula is C14H13N5S. The van der Waals surface area contributed by atoms with Gasteiger partial charge in [-0.2, -0.15) is 0 Å². The zero-order valence-corrected chi connectivity index (χ0v) is 11.5. The number of hydrogen-bond donors (Lipinski definition) is 2. The Morgan fingerprint density at radius 2 is 1.95 bits per heavy atom. The van der Waals surface area contributed by atoms with Crippen LogP contribution in [0.15, 0.2) is 53.9 Å². The molecule has 0 atom stereocenters. The Hall–Kier alpha value is -2.18. The van der Waals surface area contributed by atoms with E-state index in [0.29, 0.717) is 5.82 Å². The van der Waals surface area contributed by atoms with Crippen LogP contribution in [0, 0.1) is 0 Å². The first kappa shape index (κ1) is 12.8. The van der Waals surface area contributed by atoms with E-state index < -0.39 is 0 Å². The minimum Gasteiger partial charge on any atom is -0.308 e. The summed E-state index contributed by atoms with van der Waals surface area (Å²) in [6, 6.07) is 11.9. The number of nitrogens with zero attached hydrogens (tertiary/aromatic N) is 3. The molecule has 0 bridgehead atoms. The fourth-order valence-electron chi connectivity index (χ4n) is 1.84. The molecule has 5 nitrogen and oxygen atoms in total. The van der Waals surface area contributed by atoms with Gasteiger partial charge in [-0.05, 0) is 17.7 Å². The molecule has 0 aliphatic heterocycles. The number of rotatable bonds is 4. The van der Waals surface area contributed by atoms with Crippen molar-refractivity contribution in [1.82, 2.24) is 15.0 Å². The van der Waals surface area contributed by atoms with Crippen LogP contribution < -0.4 is 11.3 Å². The van der Waals surface area contributed by atoms with Crippen LogP contribution in [0.2, 0.25) is 0 Å². The lowest BCUT2D eigenvalue weighted by molar-refractivity contribution is 1.10. The zero-order valence-electron chi connectivity index (χ0n) is 10.7. The number of nitrogens with one attached hydrogen (secondary N) is 1. The summed E-state index contributed by atoms with van der Waals surface area (Å²) in [4.78, 5) is 12.8. The van der Waals surface area contributed by atoms with Gasteiger partial charge in [0.2, 0.25) is 0 Å². The molecule has 3 aromatic rings. The van der Waals surface area contributed by atoms with Crippen molar-refractivity contribution in [1.29, 1.82) is 0 Å². The van der Waals surface area contributed by atoms with Crippen LogP contribution >= 0.6 is 11.8 Å². The van der Waals surface area contributed by atoms with Gasteiger partial charge in [-0.25, -0.2) is 20.8 Å². The molecule has 0 unspecified atom stereocenters. The van der Waals surface area contributed by atoms with E-state index in [4.69, 9.17) is 5.84 Å². The molecule has 3 rings (SSSR count). The van der Waals surface area contributed by atoms with Crippen molar-refractivity contribution >= 4 is 28.5 Å². The Balaban J connectivity index is 1.79. The maximum Gasteiger partial charge on any atom is 0.139 e. The summed E-state index contributed by atoms with van der Waals surface area (Å²) in [6.07, 6.45) is 3.41. The summed E-state index contributed by atoms with van der Waals surface area (Å²) in [5.41, 5.74) is 4.60. The zero-order chi connectivity index (χ0) is 13.8. The van der Waals surface area contributed by atoms with E-state index in [1.165, 1.54) is 0 Å². The minimum atomic E-state index is 0.659. The molecule has 2 aromatic heterocycles. The third-order valence-electron chi connectivity index (χ3n) is 2.85. The number of pyridine rings is 1. The van der Waals surface area contributed by atoms with Gasteiger partial charge < -0.3 is 5.43 Å². The van der Waals surface area contributed by atoms with Gasteiger partial charge in [-0.3, -0.25) is 0 Å². The second kappa shape index (κ2) is 5.85. The number of anilines is 1. The molecule has 0 saturated heterocycles. The maximum absolute atomic E-state index is 5.29. The molecule has 2 heterocycles. The molecule has 3 N–H and O–H groups in total. The van der Waals surface area contributed by atoms with E-state index in [9.17, 15) is 0 Å². The van der Waals surface area contributed by atoms with E-state index in [1.807, 2.05) is 42.6 Å². The summed E-state index contributed by atoms with van der Waals surface area (Å²) in [6.45, 7) is 0. The number of nitrogen functional groups attached to an aromatic ring is 1. The molecule has 20 heavy (non-hydrogen) atoms. The number of hydrazine groups is 1. The second-order valence-electron chi connectivity index (χ2n) is 4.18. The fourth-order valence-corrected chi connectivity index (χ4v) is 2.77. The molecule has 0 aliphatic rings. The van der Waals surface area contributed by atoms with Gasteiger partial charge in [-0.15, -0.1) is 11.8 Å². The molecule has 1 aromatic carbocycles. The summed E-state index contributed by atoms with van der Waals surface area (Å²) >= 11 is 1.67. The fraction of sp³-hybridized carbons (Fsp3) is 0.0714.